The highest BCUT2D eigenvalue weighted by Crippen LogP contribution is 2.32. The Balaban J connectivity index is 0.00000450. The SMILES string of the molecule is Cl.NC(=O)N(NC1CCN(CCc2ccc(Oc3nc4ccccc4s3)cc2)CC1)C1CCN(CCc2ccc(Oc3nc4ccccc4s3)cc2)CC1. The molecule has 3 N–H and O–H groups in total. The third-order valence-corrected chi connectivity index (χ3v) is 12.1. The fourth-order valence-electron chi connectivity index (χ4n) is 7.25. The van der Waals surface area contributed by atoms with Crippen molar-refractivity contribution >= 4 is 61.5 Å². The van der Waals surface area contributed by atoms with Gasteiger partial charge in [0.2, 0.25) is 0 Å². The summed E-state index contributed by atoms with van der Waals surface area (Å²) in [7, 11) is 0. The maximum atomic E-state index is 12.6. The average molecular weight is 784 g/mol. The van der Waals surface area contributed by atoms with Gasteiger partial charge in [-0.15, -0.1) is 12.4 Å². The number of rotatable bonds is 13. The number of benzene rings is 4. The molecule has 0 saturated carbocycles. The van der Waals surface area contributed by atoms with Crippen LogP contribution in [0.3, 0.4) is 0 Å². The summed E-state index contributed by atoms with van der Waals surface area (Å²) in [6.07, 6.45) is 5.75. The fraction of sp³-hybridized carbons (Fsp3) is 0.341. The van der Waals surface area contributed by atoms with E-state index in [-0.39, 0.29) is 30.5 Å². The maximum Gasteiger partial charge on any atom is 0.329 e. The number of hydrazine groups is 1. The van der Waals surface area contributed by atoms with Crippen molar-refractivity contribution in [1.29, 1.82) is 0 Å². The Morgan fingerprint density at radius 2 is 1.13 bits per heavy atom. The smallest absolute Gasteiger partial charge is 0.329 e. The first-order valence-electron chi connectivity index (χ1n) is 18.5. The Kier molecular flexibility index (Phi) is 12.6. The molecule has 0 atom stereocenters. The summed E-state index contributed by atoms with van der Waals surface area (Å²) in [6, 6.07) is 32.8. The van der Waals surface area contributed by atoms with Crippen molar-refractivity contribution in [1.82, 2.24) is 30.2 Å². The first kappa shape index (κ1) is 38.0. The lowest BCUT2D eigenvalue weighted by molar-refractivity contribution is 0.0677. The minimum Gasteiger partial charge on any atom is -0.431 e. The van der Waals surface area contributed by atoms with E-state index in [0.29, 0.717) is 10.4 Å². The van der Waals surface area contributed by atoms with Crippen molar-refractivity contribution in [3.05, 3.63) is 108 Å². The van der Waals surface area contributed by atoms with Gasteiger partial charge in [0.15, 0.2) is 0 Å². The number of carbonyl (C=O) groups excluding carboxylic acids is 1. The molecule has 2 saturated heterocycles. The van der Waals surface area contributed by atoms with E-state index in [2.05, 4.69) is 61.6 Å². The predicted molar refractivity (Wildman–Crippen MR) is 220 cm³/mol. The maximum absolute atomic E-state index is 12.6. The number of aromatic nitrogens is 2. The van der Waals surface area contributed by atoms with Gasteiger partial charge in [0.05, 0.1) is 26.5 Å². The van der Waals surface area contributed by atoms with Crippen LogP contribution in [0, 0.1) is 0 Å². The number of fused-ring (bicyclic) bond motifs is 2. The Morgan fingerprint density at radius 3 is 1.57 bits per heavy atom. The largest absolute Gasteiger partial charge is 0.431 e. The second-order valence-electron chi connectivity index (χ2n) is 13.9. The molecule has 13 heteroatoms. The van der Waals surface area contributed by atoms with E-state index in [4.69, 9.17) is 15.2 Å². The molecule has 2 fully saturated rings. The molecular weight excluding hydrogens is 738 g/mol. The second-order valence-corrected chi connectivity index (χ2v) is 15.9. The number of hydrogen-bond donors (Lipinski definition) is 2. The molecule has 2 aromatic heterocycles. The van der Waals surface area contributed by atoms with Gasteiger partial charge in [-0.3, -0.25) is 5.01 Å². The van der Waals surface area contributed by atoms with E-state index < -0.39 is 0 Å². The van der Waals surface area contributed by atoms with Crippen LogP contribution < -0.4 is 20.6 Å². The number of nitrogens with one attached hydrogen (secondary N) is 1. The summed E-state index contributed by atoms with van der Waals surface area (Å²) in [5, 5.41) is 3.06. The molecule has 8 rings (SSSR count). The quantitative estimate of drug-likeness (QED) is 0.112. The topological polar surface area (TPSA) is 109 Å². The lowest BCUT2D eigenvalue weighted by atomic mass is 10.0. The molecule has 2 aliphatic rings. The second kappa shape index (κ2) is 17.9. The number of ether oxygens (including phenoxy) is 2. The number of amides is 2. The first-order valence-corrected chi connectivity index (χ1v) is 20.2. The standard InChI is InChI=1S/C41H45N7O3S2.ClH/c42-39(49)48(32-21-27-47(28-22-32)24-18-30-11-15-34(16-12-30)51-41-44-36-6-2-4-8-38(36)53-41)45-31-19-25-46(26-20-31)23-17-29-9-13-33(14-10-29)50-40-43-35-5-1-3-7-37(35)52-40;/h1-16,31-32,45H,17-28H2,(H2,42,49);1H. The molecule has 2 aliphatic heterocycles. The zero-order chi connectivity index (χ0) is 36.0. The Labute approximate surface area is 330 Å². The summed E-state index contributed by atoms with van der Waals surface area (Å²) in [6.45, 7) is 5.87. The highest BCUT2D eigenvalue weighted by molar-refractivity contribution is 7.20. The highest BCUT2D eigenvalue weighted by atomic mass is 35.5. The molecule has 2 amide bonds. The Morgan fingerprint density at radius 1 is 0.685 bits per heavy atom. The minimum absolute atomic E-state index is 0. The lowest BCUT2D eigenvalue weighted by Gasteiger charge is -2.41. The number of nitrogens with two attached hydrogens (primary N) is 1. The Hall–Kier alpha value is -4.30. The van der Waals surface area contributed by atoms with Crippen molar-refractivity contribution in [3.63, 3.8) is 0 Å². The number of primary amides is 1. The van der Waals surface area contributed by atoms with Gasteiger partial charge in [0, 0.05) is 32.2 Å². The summed E-state index contributed by atoms with van der Waals surface area (Å²) in [4.78, 5) is 26.7. The molecule has 282 valence electrons. The van der Waals surface area contributed by atoms with Crippen LogP contribution in [-0.2, 0) is 12.8 Å². The number of piperidine rings is 2. The number of thiazole rings is 2. The number of para-hydroxylation sites is 2. The van der Waals surface area contributed by atoms with Crippen LogP contribution >= 0.6 is 35.1 Å². The van der Waals surface area contributed by atoms with Crippen LogP contribution in [0.25, 0.3) is 20.4 Å². The van der Waals surface area contributed by atoms with Crippen LogP contribution in [0.15, 0.2) is 97.1 Å². The first-order chi connectivity index (χ1) is 26.0. The monoisotopic (exact) mass is 783 g/mol. The van der Waals surface area contributed by atoms with Crippen molar-refractivity contribution in [2.75, 3.05) is 39.3 Å². The van der Waals surface area contributed by atoms with Crippen LogP contribution in [0.4, 0.5) is 4.79 Å². The summed E-state index contributed by atoms with van der Waals surface area (Å²) < 4.78 is 14.3. The van der Waals surface area contributed by atoms with E-state index in [1.54, 1.807) is 27.7 Å². The zero-order valence-electron chi connectivity index (χ0n) is 30.1. The van der Waals surface area contributed by atoms with Gasteiger partial charge < -0.3 is 25.0 Å². The molecule has 0 unspecified atom stereocenters. The van der Waals surface area contributed by atoms with Crippen LogP contribution in [0.1, 0.15) is 36.8 Å². The van der Waals surface area contributed by atoms with E-state index in [9.17, 15) is 4.79 Å². The van der Waals surface area contributed by atoms with Gasteiger partial charge in [-0.1, -0.05) is 71.2 Å². The molecule has 54 heavy (non-hydrogen) atoms. The van der Waals surface area contributed by atoms with Gasteiger partial charge in [-0.25, -0.2) is 20.2 Å². The third kappa shape index (κ3) is 9.67. The molecule has 4 aromatic carbocycles. The molecule has 0 radical (unpaired) electrons. The molecule has 0 aliphatic carbocycles. The van der Waals surface area contributed by atoms with Gasteiger partial charge in [-0.05, 0) is 111 Å². The van der Waals surface area contributed by atoms with E-state index in [1.165, 1.54) is 11.1 Å². The van der Waals surface area contributed by atoms with E-state index in [0.717, 1.165) is 110 Å². The van der Waals surface area contributed by atoms with Gasteiger partial charge in [0.25, 0.3) is 10.4 Å². The number of urea groups is 1. The van der Waals surface area contributed by atoms with Crippen LogP contribution in [0.5, 0.6) is 21.9 Å². The number of nitrogens with zero attached hydrogens (tertiary/aromatic N) is 5. The van der Waals surface area contributed by atoms with Gasteiger partial charge >= 0.3 is 6.03 Å². The number of carbonyl (C=O) groups is 1. The predicted octanol–water partition coefficient (Wildman–Crippen LogP) is 8.51. The number of likely N-dealkylation sites (tertiary alicyclic amines) is 2. The summed E-state index contributed by atoms with van der Waals surface area (Å²) in [5.74, 6) is 1.60. The summed E-state index contributed by atoms with van der Waals surface area (Å²) >= 11 is 3.12. The van der Waals surface area contributed by atoms with Crippen molar-refractivity contribution in [2.24, 2.45) is 5.73 Å². The van der Waals surface area contributed by atoms with Crippen LogP contribution in [0.2, 0.25) is 0 Å². The number of halogens is 1. The third-order valence-electron chi connectivity index (χ3n) is 10.3. The Bertz CT molecular complexity index is 2050. The van der Waals surface area contributed by atoms with Gasteiger partial charge in [-0.2, -0.15) is 0 Å². The van der Waals surface area contributed by atoms with Crippen molar-refractivity contribution < 1.29 is 14.3 Å². The molecule has 0 spiro atoms. The van der Waals surface area contributed by atoms with E-state index in [1.807, 2.05) is 60.7 Å². The highest BCUT2D eigenvalue weighted by Gasteiger charge is 2.30. The van der Waals surface area contributed by atoms with E-state index >= 15 is 0 Å². The zero-order valence-corrected chi connectivity index (χ0v) is 32.6. The molecule has 6 aromatic rings. The molecular formula is C41H46ClN7O3S2. The van der Waals surface area contributed by atoms with Crippen molar-refractivity contribution in [3.8, 4) is 21.9 Å². The lowest BCUT2D eigenvalue weighted by Crippen LogP contribution is -2.59. The van der Waals surface area contributed by atoms with Crippen LogP contribution in [-0.4, -0.2) is 82.2 Å². The summed E-state index contributed by atoms with van der Waals surface area (Å²) in [5.41, 5.74) is 13.9. The number of hydrogen-bond acceptors (Lipinski definition) is 10. The van der Waals surface area contributed by atoms with Gasteiger partial charge in [0.1, 0.15) is 11.5 Å². The average Bonchev–Trinajstić information content (AvgIpc) is 3.80. The molecule has 4 heterocycles. The molecule has 0 bridgehead atoms. The minimum atomic E-state index is -0.380. The van der Waals surface area contributed by atoms with Crippen molar-refractivity contribution in [2.45, 2.75) is 50.6 Å². The molecule has 10 nitrogen and oxygen atoms in total. The normalized spacial score (nSPS) is 16.0. The fourth-order valence-corrected chi connectivity index (χ4v) is 8.92.